The zero-order valence-corrected chi connectivity index (χ0v) is 14.5. The summed E-state index contributed by atoms with van der Waals surface area (Å²) in [6.07, 6.45) is 4.55. The minimum atomic E-state index is -0.306. The van der Waals surface area contributed by atoms with Crippen molar-refractivity contribution in [3.8, 4) is 11.3 Å². The molecule has 4 aromatic rings. The molecular weight excluding hydrogens is 347 g/mol. The first-order chi connectivity index (χ1) is 13.3. The highest BCUT2D eigenvalue weighted by Gasteiger charge is 2.29. The maximum Gasteiger partial charge on any atom is 0.229 e. The van der Waals surface area contributed by atoms with Crippen LogP contribution in [0, 0.1) is 5.82 Å². The number of anilines is 1. The van der Waals surface area contributed by atoms with Crippen LogP contribution in [-0.4, -0.2) is 31.3 Å². The Hall–Kier alpha value is -3.29. The van der Waals surface area contributed by atoms with Crippen molar-refractivity contribution in [1.82, 2.24) is 24.7 Å². The zero-order valence-electron chi connectivity index (χ0n) is 14.5. The van der Waals surface area contributed by atoms with Gasteiger partial charge in [0.2, 0.25) is 5.89 Å². The Morgan fingerprint density at radius 3 is 2.93 bits per heavy atom. The molecule has 1 N–H and O–H groups in total. The highest BCUT2D eigenvalue weighted by Crippen LogP contribution is 2.38. The van der Waals surface area contributed by atoms with Crippen LogP contribution in [0.1, 0.15) is 30.5 Å². The molecule has 1 aliphatic carbocycles. The molecule has 0 bridgehead atoms. The van der Waals surface area contributed by atoms with Crippen LogP contribution in [0.2, 0.25) is 0 Å². The Labute approximate surface area is 154 Å². The molecular formula is C19H17FN6O. The molecule has 0 atom stereocenters. The van der Waals surface area contributed by atoms with E-state index in [-0.39, 0.29) is 5.82 Å². The quantitative estimate of drug-likeness (QED) is 0.564. The zero-order chi connectivity index (χ0) is 18.2. The second-order valence-corrected chi connectivity index (χ2v) is 6.61. The maximum atomic E-state index is 14.2. The van der Waals surface area contributed by atoms with Gasteiger partial charge in [0.05, 0.1) is 11.9 Å². The Balaban J connectivity index is 1.38. The Kier molecular flexibility index (Phi) is 3.81. The predicted octanol–water partition coefficient (Wildman–Crippen LogP) is 3.45. The van der Waals surface area contributed by atoms with Crippen LogP contribution in [0.15, 0.2) is 47.1 Å². The minimum Gasteiger partial charge on any atom is -0.369 e. The first-order valence-electron chi connectivity index (χ1n) is 8.94. The molecule has 1 saturated carbocycles. The molecule has 136 valence electrons. The van der Waals surface area contributed by atoms with E-state index in [4.69, 9.17) is 4.52 Å². The van der Waals surface area contributed by atoms with Gasteiger partial charge >= 0.3 is 0 Å². The molecule has 0 amide bonds. The minimum absolute atomic E-state index is 0.306. The third-order valence-corrected chi connectivity index (χ3v) is 4.57. The van der Waals surface area contributed by atoms with Crippen molar-refractivity contribution < 1.29 is 8.91 Å². The lowest BCUT2D eigenvalue weighted by Crippen LogP contribution is -2.10. The molecule has 0 saturated heterocycles. The van der Waals surface area contributed by atoms with Crippen molar-refractivity contribution >= 4 is 11.5 Å². The van der Waals surface area contributed by atoms with E-state index in [0.717, 1.165) is 24.6 Å². The van der Waals surface area contributed by atoms with Crippen molar-refractivity contribution in [3.05, 3.63) is 60.1 Å². The topological polar surface area (TPSA) is 81.1 Å². The Bertz CT molecular complexity index is 1100. The normalized spacial score (nSPS) is 14.0. The Morgan fingerprint density at radius 2 is 2.07 bits per heavy atom. The van der Waals surface area contributed by atoms with Crippen molar-refractivity contribution in [2.45, 2.75) is 25.2 Å². The average molecular weight is 364 g/mol. The largest absolute Gasteiger partial charge is 0.369 e. The van der Waals surface area contributed by atoms with Gasteiger partial charge in [0.15, 0.2) is 11.5 Å². The van der Waals surface area contributed by atoms with Crippen molar-refractivity contribution in [3.63, 3.8) is 0 Å². The van der Waals surface area contributed by atoms with E-state index in [2.05, 4.69) is 25.5 Å². The van der Waals surface area contributed by atoms with Crippen LogP contribution in [0.4, 0.5) is 10.2 Å². The van der Waals surface area contributed by atoms with Gasteiger partial charge in [0, 0.05) is 36.6 Å². The summed E-state index contributed by atoms with van der Waals surface area (Å²) in [6.45, 7) is 0.597. The van der Waals surface area contributed by atoms with Gasteiger partial charge in [-0.1, -0.05) is 17.3 Å². The lowest BCUT2D eigenvalue weighted by atomic mass is 10.1. The van der Waals surface area contributed by atoms with Gasteiger partial charge in [-0.3, -0.25) is 0 Å². The molecule has 3 aromatic heterocycles. The second kappa shape index (κ2) is 6.46. The summed E-state index contributed by atoms with van der Waals surface area (Å²) in [5.41, 5.74) is 1.66. The van der Waals surface area contributed by atoms with Crippen LogP contribution in [0.5, 0.6) is 0 Å². The SMILES string of the molecule is Fc1ccccc1-c1cc(NCCc2noc(C3CC3)n2)n2nccc2n1. The van der Waals surface area contributed by atoms with E-state index >= 15 is 0 Å². The Morgan fingerprint density at radius 1 is 1.19 bits per heavy atom. The summed E-state index contributed by atoms with van der Waals surface area (Å²) in [5, 5.41) is 11.6. The number of aromatic nitrogens is 5. The first-order valence-corrected chi connectivity index (χ1v) is 8.94. The maximum absolute atomic E-state index is 14.2. The lowest BCUT2D eigenvalue weighted by molar-refractivity contribution is 0.374. The molecule has 1 fully saturated rings. The van der Waals surface area contributed by atoms with Crippen LogP contribution < -0.4 is 5.32 Å². The van der Waals surface area contributed by atoms with E-state index < -0.39 is 0 Å². The molecule has 0 radical (unpaired) electrons. The number of benzene rings is 1. The number of fused-ring (bicyclic) bond motifs is 1. The van der Waals surface area contributed by atoms with Crippen molar-refractivity contribution in [2.24, 2.45) is 0 Å². The van der Waals surface area contributed by atoms with Crippen LogP contribution in [0.25, 0.3) is 16.9 Å². The fourth-order valence-electron chi connectivity index (χ4n) is 3.01. The summed E-state index contributed by atoms with van der Waals surface area (Å²) in [6, 6.07) is 10.2. The standard InChI is InChI=1S/C19H17FN6O/c20-14-4-2-1-3-13(14)15-11-18(26-17(23-15)8-10-22-26)21-9-7-16-24-19(27-25-16)12-5-6-12/h1-4,8,10-12,21H,5-7,9H2. The third-order valence-electron chi connectivity index (χ3n) is 4.57. The molecule has 5 rings (SSSR count). The fourth-order valence-corrected chi connectivity index (χ4v) is 3.01. The van der Waals surface area contributed by atoms with Gasteiger partial charge in [0.1, 0.15) is 11.6 Å². The summed E-state index contributed by atoms with van der Waals surface area (Å²) in [7, 11) is 0. The van der Waals surface area contributed by atoms with E-state index in [9.17, 15) is 4.39 Å². The lowest BCUT2D eigenvalue weighted by Gasteiger charge is -2.10. The summed E-state index contributed by atoms with van der Waals surface area (Å²) in [4.78, 5) is 8.93. The second-order valence-electron chi connectivity index (χ2n) is 6.61. The molecule has 7 nitrogen and oxygen atoms in total. The number of hydrogen-bond acceptors (Lipinski definition) is 6. The molecule has 8 heteroatoms. The fraction of sp³-hybridized carbons (Fsp3) is 0.263. The third kappa shape index (κ3) is 3.14. The molecule has 3 heterocycles. The van der Waals surface area contributed by atoms with Gasteiger partial charge in [-0.2, -0.15) is 14.6 Å². The van der Waals surface area contributed by atoms with Crippen molar-refractivity contribution in [1.29, 1.82) is 0 Å². The van der Waals surface area contributed by atoms with Crippen LogP contribution in [-0.2, 0) is 6.42 Å². The van der Waals surface area contributed by atoms with E-state index in [1.807, 2.05) is 0 Å². The number of rotatable bonds is 6. The molecule has 27 heavy (non-hydrogen) atoms. The number of nitrogens with one attached hydrogen (secondary N) is 1. The highest BCUT2D eigenvalue weighted by atomic mass is 19.1. The molecule has 0 spiro atoms. The summed E-state index contributed by atoms with van der Waals surface area (Å²) < 4.78 is 21.1. The van der Waals surface area contributed by atoms with Gasteiger partial charge in [-0.05, 0) is 25.0 Å². The molecule has 0 unspecified atom stereocenters. The van der Waals surface area contributed by atoms with Crippen LogP contribution >= 0.6 is 0 Å². The number of nitrogens with zero attached hydrogens (tertiary/aromatic N) is 5. The smallest absolute Gasteiger partial charge is 0.229 e. The first kappa shape index (κ1) is 15.9. The van der Waals surface area contributed by atoms with Gasteiger partial charge in [-0.25, -0.2) is 9.37 Å². The summed E-state index contributed by atoms with van der Waals surface area (Å²) >= 11 is 0. The average Bonchev–Trinajstić information content (AvgIpc) is 3.23. The molecule has 0 aliphatic heterocycles. The number of halogens is 1. The van der Waals surface area contributed by atoms with E-state index in [1.54, 1.807) is 41.0 Å². The molecule has 1 aromatic carbocycles. The highest BCUT2D eigenvalue weighted by molar-refractivity contribution is 5.66. The van der Waals surface area contributed by atoms with Crippen molar-refractivity contribution in [2.75, 3.05) is 11.9 Å². The van der Waals surface area contributed by atoms with E-state index in [0.29, 0.717) is 41.6 Å². The van der Waals surface area contributed by atoms with E-state index in [1.165, 1.54) is 6.07 Å². The van der Waals surface area contributed by atoms with Gasteiger partial charge in [-0.15, -0.1) is 0 Å². The van der Waals surface area contributed by atoms with Gasteiger partial charge in [0.25, 0.3) is 0 Å². The predicted molar refractivity (Wildman–Crippen MR) is 96.8 cm³/mol. The number of hydrogen-bond donors (Lipinski definition) is 1. The van der Waals surface area contributed by atoms with Gasteiger partial charge < -0.3 is 9.84 Å². The molecule has 1 aliphatic rings. The summed E-state index contributed by atoms with van der Waals surface area (Å²) in [5.74, 6) is 2.30. The monoisotopic (exact) mass is 364 g/mol. The van der Waals surface area contributed by atoms with Crippen LogP contribution in [0.3, 0.4) is 0 Å².